The fourth-order valence-electron chi connectivity index (χ4n) is 2.40. The molecule has 0 saturated heterocycles. The number of rotatable bonds is 4. The van der Waals surface area contributed by atoms with Crippen LogP contribution >= 0.6 is 23.2 Å². The number of halogens is 2. The number of fused-ring (bicyclic) bond motifs is 1. The van der Waals surface area contributed by atoms with E-state index in [9.17, 15) is 0 Å². The summed E-state index contributed by atoms with van der Waals surface area (Å²) in [4.78, 5) is 0. The van der Waals surface area contributed by atoms with Crippen molar-refractivity contribution in [3.8, 4) is 0 Å². The van der Waals surface area contributed by atoms with Crippen LogP contribution in [0.25, 0.3) is 0 Å². The molecule has 0 spiro atoms. The number of benzene rings is 1. The molecule has 3 rings (SSSR count). The van der Waals surface area contributed by atoms with Gasteiger partial charge in [-0.25, -0.2) is 4.68 Å². The van der Waals surface area contributed by atoms with Gasteiger partial charge in [0.15, 0.2) is 0 Å². The molecule has 0 aliphatic carbocycles. The molecule has 1 aliphatic rings. The fraction of sp³-hybridized carbons (Fsp3) is 0.357. The molecule has 1 atom stereocenters. The third-order valence-corrected chi connectivity index (χ3v) is 4.07. The Hall–Kier alpha value is -1.23. The normalized spacial score (nSPS) is 17.6. The Balaban J connectivity index is 1.51. The van der Waals surface area contributed by atoms with E-state index < -0.39 is 0 Å². The molecule has 2 aromatic rings. The summed E-state index contributed by atoms with van der Waals surface area (Å²) in [5.41, 5.74) is 1.07. The summed E-state index contributed by atoms with van der Waals surface area (Å²) in [6, 6.07) is 7.60. The summed E-state index contributed by atoms with van der Waals surface area (Å²) < 4.78 is 2.01. The van der Waals surface area contributed by atoms with Gasteiger partial charge < -0.3 is 10.6 Å². The van der Waals surface area contributed by atoms with Gasteiger partial charge in [-0.05, 0) is 17.7 Å². The second kappa shape index (κ2) is 6.04. The summed E-state index contributed by atoms with van der Waals surface area (Å²) in [6.07, 6.45) is 1.83. The van der Waals surface area contributed by atoms with Crippen molar-refractivity contribution in [3.05, 3.63) is 46.1 Å². The Morgan fingerprint density at radius 2 is 2.25 bits per heavy atom. The Labute approximate surface area is 128 Å². The molecular weight excluding hydrogens is 295 g/mol. The highest BCUT2D eigenvalue weighted by Gasteiger charge is 2.17. The van der Waals surface area contributed by atoms with Crippen molar-refractivity contribution >= 4 is 29.0 Å². The van der Waals surface area contributed by atoms with E-state index in [0.717, 1.165) is 37.6 Å². The summed E-state index contributed by atoms with van der Waals surface area (Å²) in [5, 5.41) is 12.5. The van der Waals surface area contributed by atoms with Crippen LogP contribution in [0.15, 0.2) is 30.5 Å². The van der Waals surface area contributed by atoms with Crippen LogP contribution in [0.3, 0.4) is 0 Å². The Morgan fingerprint density at radius 1 is 1.35 bits per heavy atom. The maximum Gasteiger partial charge on any atom is 0.124 e. The van der Waals surface area contributed by atoms with E-state index in [-0.39, 0.29) is 0 Å². The van der Waals surface area contributed by atoms with Crippen LogP contribution in [-0.4, -0.2) is 22.9 Å². The average molecular weight is 311 g/mol. The van der Waals surface area contributed by atoms with Crippen LogP contribution in [0.1, 0.15) is 5.56 Å². The summed E-state index contributed by atoms with van der Waals surface area (Å²) in [6.45, 7) is 3.58. The molecule has 2 heterocycles. The fourth-order valence-corrected chi connectivity index (χ4v) is 2.87. The zero-order valence-electron chi connectivity index (χ0n) is 10.9. The first-order chi connectivity index (χ1) is 9.72. The smallest absolute Gasteiger partial charge is 0.124 e. The molecule has 106 valence electrons. The van der Waals surface area contributed by atoms with Gasteiger partial charge in [0.25, 0.3) is 0 Å². The molecule has 0 bridgehead atoms. The third-order valence-electron chi connectivity index (χ3n) is 3.48. The van der Waals surface area contributed by atoms with Crippen LogP contribution < -0.4 is 10.6 Å². The number of nitrogens with zero attached hydrogens (tertiary/aromatic N) is 2. The Kier molecular flexibility index (Phi) is 4.15. The lowest BCUT2D eigenvalue weighted by Gasteiger charge is -2.25. The van der Waals surface area contributed by atoms with Gasteiger partial charge in [0.2, 0.25) is 0 Å². The molecule has 0 amide bonds. The second-order valence-electron chi connectivity index (χ2n) is 5.01. The molecule has 1 unspecified atom stereocenters. The van der Waals surface area contributed by atoms with Gasteiger partial charge in [-0.15, -0.1) is 0 Å². The first-order valence-electron chi connectivity index (χ1n) is 6.62. The van der Waals surface area contributed by atoms with E-state index in [4.69, 9.17) is 23.2 Å². The molecule has 1 aromatic heterocycles. The lowest BCUT2D eigenvalue weighted by atomic mass is 10.1. The summed E-state index contributed by atoms with van der Waals surface area (Å²) >= 11 is 12.0. The van der Waals surface area contributed by atoms with E-state index in [0.29, 0.717) is 16.0 Å². The monoisotopic (exact) mass is 310 g/mol. The van der Waals surface area contributed by atoms with Crippen molar-refractivity contribution in [2.24, 2.45) is 5.92 Å². The molecule has 0 saturated carbocycles. The highest BCUT2D eigenvalue weighted by Crippen LogP contribution is 2.21. The minimum atomic E-state index is 0.522. The van der Waals surface area contributed by atoms with Crippen LogP contribution in [0.2, 0.25) is 10.0 Å². The molecule has 4 nitrogen and oxygen atoms in total. The second-order valence-corrected chi connectivity index (χ2v) is 5.86. The lowest BCUT2D eigenvalue weighted by Crippen LogP contribution is -2.35. The predicted molar refractivity (Wildman–Crippen MR) is 82.4 cm³/mol. The maximum atomic E-state index is 6.15. The van der Waals surface area contributed by atoms with Crippen LogP contribution in [0.5, 0.6) is 0 Å². The van der Waals surface area contributed by atoms with Gasteiger partial charge in [-0.2, -0.15) is 5.10 Å². The molecule has 20 heavy (non-hydrogen) atoms. The highest BCUT2D eigenvalue weighted by molar-refractivity contribution is 6.35. The van der Waals surface area contributed by atoms with Gasteiger partial charge >= 0.3 is 0 Å². The van der Waals surface area contributed by atoms with E-state index in [1.165, 1.54) is 0 Å². The minimum absolute atomic E-state index is 0.522. The van der Waals surface area contributed by atoms with Gasteiger partial charge in [-0.3, -0.25) is 0 Å². The van der Waals surface area contributed by atoms with Crippen LogP contribution in [0.4, 0.5) is 5.82 Å². The first-order valence-corrected chi connectivity index (χ1v) is 7.38. The van der Waals surface area contributed by atoms with Gasteiger partial charge in [0.05, 0.1) is 6.20 Å². The van der Waals surface area contributed by atoms with E-state index in [2.05, 4.69) is 15.7 Å². The number of nitrogens with one attached hydrogen (secondary N) is 2. The molecule has 1 aromatic carbocycles. The van der Waals surface area contributed by atoms with E-state index in [1.807, 2.05) is 29.1 Å². The van der Waals surface area contributed by atoms with Crippen molar-refractivity contribution in [2.75, 3.05) is 18.4 Å². The maximum absolute atomic E-state index is 6.15. The largest absolute Gasteiger partial charge is 0.370 e. The summed E-state index contributed by atoms with van der Waals surface area (Å²) in [5.74, 6) is 1.62. The molecule has 1 aliphatic heterocycles. The minimum Gasteiger partial charge on any atom is -0.370 e. The SMILES string of the molecule is Clc1ccc(CNCC2CNc3ccnn3C2)c(Cl)c1. The topological polar surface area (TPSA) is 41.9 Å². The Bertz CT molecular complexity index is 597. The Morgan fingerprint density at radius 3 is 3.10 bits per heavy atom. The molecular formula is C14H16Cl2N4. The van der Waals surface area contributed by atoms with Crippen LogP contribution in [0, 0.1) is 5.92 Å². The number of anilines is 1. The van der Waals surface area contributed by atoms with E-state index in [1.54, 1.807) is 6.07 Å². The van der Waals surface area contributed by atoms with Crippen molar-refractivity contribution in [1.29, 1.82) is 0 Å². The van der Waals surface area contributed by atoms with Crippen molar-refractivity contribution in [3.63, 3.8) is 0 Å². The van der Waals surface area contributed by atoms with Gasteiger partial charge in [0, 0.05) is 48.2 Å². The van der Waals surface area contributed by atoms with Crippen LogP contribution in [-0.2, 0) is 13.1 Å². The van der Waals surface area contributed by atoms with Crippen molar-refractivity contribution < 1.29 is 0 Å². The molecule has 6 heteroatoms. The number of aromatic nitrogens is 2. The van der Waals surface area contributed by atoms with Gasteiger partial charge in [0.1, 0.15) is 5.82 Å². The van der Waals surface area contributed by atoms with Gasteiger partial charge in [-0.1, -0.05) is 29.3 Å². The third kappa shape index (κ3) is 3.08. The first kappa shape index (κ1) is 13.7. The van der Waals surface area contributed by atoms with E-state index >= 15 is 0 Å². The number of hydrogen-bond donors (Lipinski definition) is 2. The van der Waals surface area contributed by atoms with Crippen molar-refractivity contribution in [2.45, 2.75) is 13.1 Å². The zero-order chi connectivity index (χ0) is 13.9. The summed E-state index contributed by atoms with van der Waals surface area (Å²) in [7, 11) is 0. The molecule has 0 fully saturated rings. The standard InChI is InChI=1S/C14H16Cl2N4/c15-12-2-1-11(13(16)5-12)8-17-6-10-7-18-14-3-4-19-20(14)9-10/h1-5,10,17-18H,6-9H2. The van der Waals surface area contributed by atoms with Crippen molar-refractivity contribution in [1.82, 2.24) is 15.1 Å². The molecule has 0 radical (unpaired) electrons. The zero-order valence-corrected chi connectivity index (χ0v) is 12.5. The lowest BCUT2D eigenvalue weighted by molar-refractivity contribution is 0.391. The predicted octanol–water partition coefficient (Wildman–Crippen LogP) is 3.02. The molecule has 2 N–H and O–H groups in total. The number of hydrogen-bond acceptors (Lipinski definition) is 3. The average Bonchev–Trinajstić information content (AvgIpc) is 2.89. The highest BCUT2D eigenvalue weighted by atomic mass is 35.5. The quantitative estimate of drug-likeness (QED) is 0.912.